The third-order valence-corrected chi connectivity index (χ3v) is 12.8. The number of carbonyl (C=O) groups excluding carboxylic acids is 1. The summed E-state index contributed by atoms with van der Waals surface area (Å²) in [5.41, 5.74) is 7.41. The molecule has 0 aliphatic heterocycles. The second kappa shape index (κ2) is 12.9. The van der Waals surface area contributed by atoms with E-state index in [1.165, 1.54) is 6.07 Å². The van der Waals surface area contributed by atoms with E-state index in [1.807, 2.05) is 20.8 Å². The molecule has 3 aromatic rings. The van der Waals surface area contributed by atoms with E-state index in [0.29, 0.717) is 40.4 Å². The molecule has 1 unspecified atom stereocenters. The number of nitrogens with two attached hydrogens (primary N) is 1. The molecule has 2 aromatic heterocycles. The van der Waals surface area contributed by atoms with Gasteiger partial charge in [-0.15, -0.1) is 0 Å². The zero-order chi connectivity index (χ0) is 32.5. The number of benzene rings is 1. The lowest BCUT2D eigenvalue weighted by atomic mass is 9.84. The Morgan fingerprint density at radius 1 is 1.12 bits per heavy atom. The molecule has 0 aliphatic rings. The van der Waals surface area contributed by atoms with E-state index in [-0.39, 0.29) is 28.2 Å². The van der Waals surface area contributed by atoms with Gasteiger partial charge in [0, 0.05) is 17.4 Å². The molecule has 1 amide bonds. The van der Waals surface area contributed by atoms with Crippen molar-refractivity contribution in [3.05, 3.63) is 46.2 Å². The number of nitrogens with zero attached hydrogens (tertiary/aromatic N) is 3. The van der Waals surface area contributed by atoms with Crippen molar-refractivity contribution < 1.29 is 27.6 Å². The summed E-state index contributed by atoms with van der Waals surface area (Å²) in [6.07, 6.45) is -1.44. The Morgan fingerprint density at radius 2 is 1.77 bits per heavy atom. The minimum atomic E-state index is -2.29. The Balaban J connectivity index is 2.07. The second-order valence-electron chi connectivity index (χ2n) is 13.4. The Kier molecular flexibility index (Phi) is 10.4. The van der Waals surface area contributed by atoms with E-state index in [0.717, 1.165) is 0 Å². The second-order valence-corrected chi connectivity index (χ2v) is 18.5. The minimum Gasteiger partial charge on any atom is -0.487 e. The molecule has 0 aliphatic carbocycles. The highest BCUT2D eigenvalue weighted by atomic mass is 35.5. The van der Waals surface area contributed by atoms with E-state index < -0.39 is 37.9 Å². The minimum absolute atomic E-state index is 0.0689. The highest BCUT2D eigenvalue weighted by molar-refractivity contribution is 6.74. The fourth-order valence-electron chi connectivity index (χ4n) is 4.48. The number of carbonyl (C=O) groups is 1. The van der Waals surface area contributed by atoms with Crippen molar-refractivity contribution in [2.24, 2.45) is 11.1 Å². The number of halogens is 2. The molecular weight excluding hydrogens is 591 g/mol. The van der Waals surface area contributed by atoms with Crippen LogP contribution in [-0.4, -0.2) is 48.4 Å². The summed E-state index contributed by atoms with van der Waals surface area (Å²) in [4.78, 5) is 20.4. The third kappa shape index (κ3) is 8.13. The molecular formula is C31H44ClFN4O5Si. The SMILES string of the molecule is Cc1noc(C)c1-c1nc(-c2cc(OC([C@@H](CCOC(N)=O)O[Si](C)(C)C(C)(C)C)C(C)(C)C)ccc2F)nc(Cl)c1C. The number of hydrogen-bond donors (Lipinski definition) is 1. The first-order chi connectivity index (χ1) is 19.7. The Morgan fingerprint density at radius 3 is 2.30 bits per heavy atom. The average Bonchev–Trinajstić information content (AvgIpc) is 3.20. The molecule has 0 saturated heterocycles. The lowest BCUT2D eigenvalue weighted by Gasteiger charge is -2.44. The predicted octanol–water partition coefficient (Wildman–Crippen LogP) is 8.19. The molecule has 1 aromatic carbocycles. The number of amides is 1. The summed E-state index contributed by atoms with van der Waals surface area (Å²) >= 11 is 6.52. The van der Waals surface area contributed by atoms with E-state index >= 15 is 4.39 Å². The van der Waals surface area contributed by atoms with Crippen LogP contribution < -0.4 is 10.5 Å². The summed E-state index contributed by atoms with van der Waals surface area (Å²) in [5.74, 6) is 0.535. The van der Waals surface area contributed by atoms with Crippen LogP contribution in [0.4, 0.5) is 9.18 Å². The van der Waals surface area contributed by atoms with Crippen LogP contribution in [0.1, 0.15) is 65.0 Å². The number of aryl methyl sites for hydroxylation is 2. The van der Waals surface area contributed by atoms with Crippen molar-refractivity contribution in [3.63, 3.8) is 0 Å². The van der Waals surface area contributed by atoms with Crippen molar-refractivity contribution in [2.45, 2.75) is 99.1 Å². The van der Waals surface area contributed by atoms with Crippen LogP contribution in [0.2, 0.25) is 23.3 Å². The van der Waals surface area contributed by atoms with Gasteiger partial charge in [-0.25, -0.2) is 19.2 Å². The smallest absolute Gasteiger partial charge is 0.404 e. The predicted molar refractivity (Wildman–Crippen MR) is 168 cm³/mol. The maximum absolute atomic E-state index is 15.4. The van der Waals surface area contributed by atoms with Gasteiger partial charge in [0.2, 0.25) is 0 Å². The molecule has 236 valence electrons. The molecule has 0 radical (unpaired) electrons. The molecule has 0 spiro atoms. The highest BCUT2D eigenvalue weighted by Gasteiger charge is 2.44. The Labute approximate surface area is 259 Å². The maximum atomic E-state index is 15.4. The maximum Gasteiger partial charge on any atom is 0.404 e. The zero-order valence-corrected chi connectivity index (χ0v) is 28.8. The molecule has 2 heterocycles. The average molecular weight is 635 g/mol. The van der Waals surface area contributed by atoms with Crippen LogP contribution >= 0.6 is 11.6 Å². The van der Waals surface area contributed by atoms with Gasteiger partial charge in [0.05, 0.1) is 35.2 Å². The van der Waals surface area contributed by atoms with Gasteiger partial charge < -0.3 is 24.2 Å². The summed E-state index contributed by atoms with van der Waals surface area (Å²) in [7, 11) is -2.29. The van der Waals surface area contributed by atoms with Crippen molar-refractivity contribution in [1.29, 1.82) is 0 Å². The van der Waals surface area contributed by atoms with Gasteiger partial charge in [-0.2, -0.15) is 0 Å². The van der Waals surface area contributed by atoms with Gasteiger partial charge in [-0.05, 0) is 57.1 Å². The van der Waals surface area contributed by atoms with Gasteiger partial charge >= 0.3 is 6.09 Å². The van der Waals surface area contributed by atoms with E-state index in [4.69, 9.17) is 40.7 Å². The first-order valence-corrected chi connectivity index (χ1v) is 17.6. The van der Waals surface area contributed by atoms with Gasteiger partial charge in [0.25, 0.3) is 0 Å². The van der Waals surface area contributed by atoms with E-state index in [9.17, 15) is 4.79 Å². The van der Waals surface area contributed by atoms with Gasteiger partial charge in [0.1, 0.15) is 28.6 Å². The zero-order valence-electron chi connectivity index (χ0n) is 27.0. The van der Waals surface area contributed by atoms with Crippen LogP contribution in [0.5, 0.6) is 5.75 Å². The number of aromatic nitrogens is 3. The van der Waals surface area contributed by atoms with Crippen LogP contribution in [0.15, 0.2) is 22.7 Å². The van der Waals surface area contributed by atoms with Crippen molar-refractivity contribution >= 4 is 26.0 Å². The van der Waals surface area contributed by atoms with Crippen molar-refractivity contribution in [2.75, 3.05) is 6.61 Å². The van der Waals surface area contributed by atoms with Crippen molar-refractivity contribution in [3.8, 4) is 28.4 Å². The summed E-state index contributed by atoms with van der Waals surface area (Å²) in [6.45, 7) is 22.3. The number of ether oxygens (including phenoxy) is 2. The first kappa shape index (κ1) is 34.5. The standard InChI is InChI=1S/C31H44ClFN4O5Si/c1-17-25(24-18(2)37-41-19(24)3)35-28(36-27(17)32)21-16-20(12-13-22(21)33)40-26(30(4,5)6)23(14-15-39-29(34)38)42-43(10,11)31(7,8)9/h12-13,16,23,26H,14-15H2,1-11H3,(H2,34,38)/t23-,26?/m1/s1. The summed E-state index contributed by atoms with van der Waals surface area (Å²) in [5, 5.41) is 4.13. The molecule has 2 atom stereocenters. The molecule has 9 nitrogen and oxygen atoms in total. The lowest BCUT2D eigenvalue weighted by molar-refractivity contribution is -0.0302. The molecule has 0 bridgehead atoms. The van der Waals surface area contributed by atoms with E-state index in [2.05, 4.69) is 44.0 Å². The van der Waals surface area contributed by atoms with E-state index in [1.54, 1.807) is 32.9 Å². The number of rotatable bonds is 10. The third-order valence-electron chi connectivity index (χ3n) is 7.89. The molecule has 3 rings (SSSR count). The summed E-state index contributed by atoms with van der Waals surface area (Å²) < 4.78 is 39.2. The number of hydrogen-bond acceptors (Lipinski definition) is 8. The summed E-state index contributed by atoms with van der Waals surface area (Å²) in [6, 6.07) is 4.44. The monoisotopic (exact) mass is 634 g/mol. The van der Waals surface area contributed by atoms with Crippen LogP contribution in [0.3, 0.4) is 0 Å². The first-order valence-electron chi connectivity index (χ1n) is 14.3. The number of primary amides is 1. The molecule has 2 N–H and O–H groups in total. The topological polar surface area (TPSA) is 123 Å². The fourth-order valence-corrected chi connectivity index (χ4v) is 6.00. The van der Waals surface area contributed by atoms with Gasteiger partial charge in [-0.1, -0.05) is 58.3 Å². The molecule has 0 fully saturated rings. The Hall–Kier alpha value is -3.02. The largest absolute Gasteiger partial charge is 0.487 e. The molecule has 12 heteroatoms. The lowest BCUT2D eigenvalue weighted by Crippen LogP contribution is -2.52. The van der Waals surface area contributed by atoms with Gasteiger partial charge in [0.15, 0.2) is 14.1 Å². The van der Waals surface area contributed by atoms with Crippen molar-refractivity contribution in [1.82, 2.24) is 15.1 Å². The highest BCUT2D eigenvalue weighted by Crippen LogP contribution is 2.41. The van der Waals surface area contributed by atoms with Gasteiger partial charge in [-0.3, -0.25) is 0 Å². The van der Waals surface area contributed by atoms with Crippen LogP contribution in [0, 0.1) is 32.0 Å². The fraction of sp³-hybridized carbons (Fsp3) is 0.548. The van der Waals surface area contributed by atoms with Crippen LogP contribution in [0.25, 0.3) is 22.6 Å². The Bertz CT molecular complexity index is 1450. The molecule has 0 saturated carbocycles. The molecule has 43 heavy (non-hydrogen) atoms. The quantitative estimate of drug-likeness (QED) is 0.175. The van der Waals surface area contributed by atoms with Crippen LogP contribution in [-0.2, 0) is 9.16 Å². The normalized spacial score (nSPS) is 14.0.